The lowest BCUT2D eigenvalue weighted by Gasteiger charge is -2.24. The van der Waals surface area contributed by atoms with Crippen molar-refractivity contribution in [1.29, 1.82) is 0 Å². The van der Waals surface area contributed by atoms with Gasteiger partial charge in [0.25, 0.3) is 0 Å². The molecule has 0 aliphatic carbocycles. The van der Waals surface area contributed by atoms with Crippen molar-refractivity contribution in [1.82, 2.24) is 0 Å². The molecule has 0 saturated carbocycles. The SMILES string of the molecule is [2H]/C(=C\P(=O)(O)O)[C@H]1O[C@@H](c2ccccc2)[C@H](OC)[C@@H]1OC(C)C. The van der Waals surface area contributed by atoms with E-state index >= 15 is 0 Å². The molecular weight excluding hydrogens is 319 g/mol. The highest BCUT2D eigenvalue weighted by molar-refractivity contribution is 7.55. The first kappa shape index (κ1) is 16.8. The summed E-state index contributed by atoms with van der Waals surface area (Å²) < 4.78 is 36.5. The molecule has 128 valence electrons. The van der Waals surface area contributed by atoms with E-state index in [1.165, 1.54) is 7.11 Å². The Hall–Kier alpha value is -1.01. The molecule has 1 aromatic carbocycles. The van der Waals surface area contributed by atoms with E-state index in [9.17, 15) is 4.57 Å². The Bertz CT molecular complexity index is 614. The van der Waals surface area contributed by atoms with Crippen LogP contribution in [0.1, 0.15) is 26.9 Å². The van der Waals surface area contributed by atoms with E-state index in [1.54, 1.807) is 0 Å². The van der Waals surface area contributed by atoms with Gasteiger partial charge in [-0.3, -0.25) is 4.57 Å². The largest absolute Gasteiger partial charge is 0.376 e. The fourth-order valence-corrected chi connectivity index (χ4v) is 2.93. The first-order valence-corrected chi connectivity index (χ1v) is 9.04. The van der Waals surface area contributed by atoms with Gasteiger partial charge >= 0.3 is 7.60 Å². The van der Waals surface area contributed by atoms with Crippen molar-refractivity contribution in [3.05, 3.63) is 47.8 Å². The molecule has 2 N–H and O–H groups in total. The molecule has 1 aromatic rings. The molecule has 7 heteroatoms. The molecule has 1 aliphatic rings. The molecule has 0 unspecified atom stereocenters. The predicted molar refractivity (Wildman–Crippen MR) is 86.0 cm³/mol. The standard InChI is InChI=1S/C16H23O6P/c1-11(2)21-15-13(9-10-23(17,18)19)22-14(16(15)20-3)12-7-5-4-6-8-12/h4-11,13-16H,1-3H3,(H2,17,18,19)/b10-9+/t13-,14+,15-,16+/m1/s1/i9D. The van der Waals surface area contributed by atoms with Gasteiger partial charge < -0.3 is 24.0 Å². The van der Waals surface area contributed by atoms with Gasteiger partial charge in [0.15, 0.2) is 0 Å². The van der Waals surface area contributed by atoms with E-state index in [0.29, 0.717) is 5.82 Å². The summed E-state index contributed by atoms with van der Waals surface area (Å²) in [4.78, 5) is 18.2. The minimum absolute atomic E-state index is 0.156. The van der Waals surface area contributed by atoms with Crippen LogP contribution in [0.25, 0.3) is 0 Å². The van der Waals surface area contributed by atoms with Gasteiger partial charge in [0.2, 0.25) is 0 Å². The Labute approximate surface area is 137 Å². The zero-order valence-electron chi connectivity index (χ0n) is 14.3. The zero-order chi connectivity index (χ0) is 17.9. The normalized spacial score (nSPS) is 29.8. The van der Waals surface area contributed by atoms with Crippen LogP contribution in [0.2, 0.25) is 0 Å². The van der Waals surface area contributed by atoms with Crippen LogP contribution in [-0.4, -0.2) is 41.3 Å². The van der Waals surface area contributed by atoms with Crippen LogP contribution in [0.3, 0.4) is 0 Å². The summed E-state index contributed by atoms with van der Waals surface area (Å²) >= 11 is 0. The zero-order valence-corrected chi connectivity index (χ0v) is 14.2. The maximum atomic E-state index is 11.2. The van der Waals surface area contributed by atoms with Crippen LogP contribution < -0.4 is 0 Å². The Kier molecular flexibility index (Phi) is 5.64. The molecule has 0 amide bonds. The molecule has 1 saturated heterocycles. The topological polar surface area (TPSA) is 85.2 Å². The van der Waals surface area contributed by atoms with Crippen LogP contribution in [0.15, 0.2) is 42.2 Å². The molecule has 0 bridgehead atoms. The molecule has 1 aliphatic heterocycles. The number of benzene rings is 1. The summed E-state index contributed by atoms with van der Waals surface area (Å²) in [6.07, 6.45) is -2.71. The molecule has 6 nitrogen and oxygen atoms in total. The van der Waals surface area contributed by atoms with E-state index < -0.39 is 32.0 Å². The van der Waals surface area contributed by atoms with Crippen molar-refractivity contribution >= 4 is 7.60 Å². The highest BCUT2D eigenvalue weighted by Crippen LogP contribution is 2.41. The monoisotopic (exact) mass is 343 g/mol. The second-order valence-electron chi connectivity index (χ2n) is 5.62. The van der Waals surface area contributed by atoms with Crippen LogP contribution in [-0.2, 0) is 18.8 Å². The number of ether oxygens (including phenoxy) is 3. The molecule has 4 atom stereocenters. The van der Waals surface area contributed by atoms with Gasteiger partial charge in [0.05, 0.1) is 7.47 Å². The van der Waals surface area contributed by atoms with E-state index in [4.69, 9.17) is 25.4 Å². The van der Waals surface area contributed by atoms with Crippen LogP contribution >= 0.6 is 7.60 Å². The van der Waals surface area contributed by atoms with Crippen molar-refractivity contribution in [3.63, 3.8) is 0 Å². The number of methoxy groups -OCH3 is 1. The Morgan fingerprint density at radius 1 is 1.30 bits per heavy atom. The van der Waals surface area contributed by atoms with Gasteiger partial charge in [-0.15, -0.1) is 0 Å². The van der Waals surface area contributed by atoms with Gasteiger partial charge in [-0.2, -0.15) is 0 Å². The third-order valence-corrected chi connectivity index (χ3v) is 3.94. The van der Waals surface area contributed by atoms with Gasteiger partial charge in [0.1, 0.15) is 24.4 Å². The smallest absolute Gasteiger partial charge is 0.348 e. The van der Waals surface area contributed by atoms with E-state index in [2.05, 4.69) is 0 Å². The number of rotatable bonds is 6. The average molecular weight is 343 g/mol. The predicted octanol–water partition coefficient (Wildman–Crippen LogP) is 2.63. The van der Waals surface area contributed by atoms with Crippen LogP contribution in [0, 0.1) is 0 Å². The van der Waals surface area contributed by atoms with Crippen molar-refractivity contribution in [2.75, 3.05) is 7.11 Å². The summed E-state index contributed by atoms with van der Waals surface area (Å²) in [5.41, 5.74) is 0.855. The molecule has 0 aromatic heterocycles. The summed E-state index contributed by atoms with van der Waals surface area (Å²) in [6, 6.07) is 9.05. The van der Waals surface area contributed by atoms with Crippen molar-refractivity contribution in [2.45, 2.75) is 44.4 Å². The first-order chi connectivity index (χ1) is 11.2. The molecular formula is C16H23O6P. The second kappa shape index (κ2) is 7.71. The Balaban J connectivity index is 2.38. The lowest BCUT2D eigenvalue weighted by molar-refractivity contribution is -0.0694. The van der Waals surface area contributed by atoms with E-state index in [-0.39, 0.29) is 12.2 Å². The van der Waals surface area contributed by atoms with Gasteiger partial charge in [-0.25, -0.2) is 0 Å². The number of hydrogen-bond acceptors (Lipinski definition) is 4. The van der Waals surface area contributed by atoms with E-state index in [1.807, 2.05) is 44.2 Å². The lowest BCUT2D eigenvalue weighted by Crippen LogP contribution is -2.36. The minimum Gasteiger partial charge on any atom is -0.376 e. The average Bonchev–Trinajstić information content (AvgIpc) is 2.84. The van der Waals surface area contributed by atoms with Crippen molar-refractivity contribution < 1.29 is 29.9 Å². The highest BCUT2D eigenvalue weighted by Gasteiger charge is 2.45. The van der Waals surface area contributed by atoms with Crippen LogP contribution in [0.4, 0.5) is 0 Å². The second-order valence-corrected chi connectivity index (χ2v) is 7.06. The molecule has 0 radical (unpaired) electrons. The maximum absolute atomic E-state index is 11.2. The minimum atomic E-state index is -4.48. The van der Waals surface area contributed by atoms with E-state index in [0.717, 1.165) is 5.56 Å². The summed E-state index contributed by atoms with van der Waals surface area (Å²) in [7, 11) is -2.95. The maximum Gasteiger partial charge on any atom is 0.348 e. The number of hydrogen-bond donors (Lipinski definition) is 2. The molecule has 1 fully saturated rings. The third-order valence-electron chi connectivity index (χ3n) is 3.45. The fourth-order valence-electron chi connectivity index (χ4n) is 2.59. The van der Waals surface area contributed by atoms with Gasteiger partial charge in [-0.05, 0) is 25.5 Å². The molecule has 1 heterocycles. The first-order valence-electron chi connectivity index (χ1n) is 7.86. The van der Waals surface area contributed by atoms with Gasteiger partial charge in [0, 0.05) is 12.9 Å². The third kappa shape index (κ3) is 4.98. The lowest BCUT2D eigenvalue weighted by atomic mass is 10.0. The van der Waals surface area contributed by atoms with Gasteiger partial charge in [-0.1, -0.05) is 30.3 Å². The Morgan fingerprint density at radius 2 is 1.96 bits per heavy atom. The molecule has 2 rings (SSSR count). The summed E-state index contributed by atoms with van der Waals surface area (Å²) in [5.74, 6) is 0.606. The highest BCUT2D eigenvalue weighted by atomic mass is 31.2. The van der Waals surface area contributed by atoms with Crippen LogP contribution in [0.5, 0.6) is 0 Å². The quantitative estimate of drug-likeness (QED) is 0.773. The summed E-state index contributed by atoms with van der Waals surface area (Å²) in [5, 5.41) is 0. The molecule has 23 heavy (non-hydrogen) atoms. The summed E-state index contributed by atoms with van der Waals surface area (Å²) in [6.45, 7) is 3.69. The van der Waals surface area contributed by atoms with Crippen molar-refractivity contribution in [3.8, 4) is 0 Å². The Morgan fingerprint density at radius 3 is 2.48 bits per heavy atom. The van der Waals surface area contributed by atoms with Crippen molar-refractivity contribution in [2.24, 2.45) is 0 Å². The molecule has 0 spiro atoms. The fraction of sp³-hybridized carbons (Fsp3) is 0.500.